The Balaban J connectivity index is 1.58. The lowest BCUT2D eigenvalue weighted by Crippen LogP contribution is -2.30. The van der Waals surface area contributed by atoms with Crippen LogP contribution in [-0.2, 0) is 4.74 Å². The van der Waals surface area contributed by atoms with E-state index in [-0.39, 0.29) is 17.9 Å². The summed E-state index contributed by atoms with van der Waals surface area (Å²) in [6, 6.07) is 21.3. The number of rotatable bonds is 8. The first-order valence-corrected chi connectivity index (χ1v) is 12.2. The molecule has 1 fully saturated rings. The summed E-state index contributed by atoms with van der Waals surface area (Å²) < 4.78 is 26.5. The molecular formula is C27H24ClFN4O2S. The first kappa shape index (κ1) is 24.2. The van der Waals surface area contributed by atoms with Gasteiger partial charge in [0.05, 0.1) is 23.4 Å². The SMILES string of the molecule is COCCOc1ccc(N2C(=S)N[C@H](c3ccccn3)[C@@H]2c2cccn2-c2ccc(F)cc2)cc1Cl. The van der Waals surface area contributed by atoms with Gasteiger partial charge in [-0.25, -0.2) is 4.39 Å². The molecule has 4 aromatic rings. The normalized spacial score (nSPS) is 17.3. The van der Waals surface area contributed by atoms with Crippen molar-refractivity contribution in [3.05, 3.63) is 107 Å². The van der Waals surface area contributed by atoms with Crippen LogP contribution in [0, 0.1) is 5.82 Å². The number of aromatic nitrogens is 2. The number of pyridine rings is 1. The number of nitrogens with zero attached hydrogens (tertiary/aromatic N) is 3. The molecule has 0 amide bonds. The van der Waals surface area contributed by atoms with Gasteiger partial charge in [-0.05, 0) is 78.9 Å². The third-order valence-electron chi connectivity index (χ3n) is 6.02. The zero-order valence-electron chi connectivity index (χ0n) is 19.5. The first-order chi connectivity index (χ1) is 17.6. The second-order valence-electron chi connectivity index (χ2n) is 8.23. The average Bonchev–Trinajstić information content (AvgIpc) is 3.50. The maximum Gasteiger partial charge on any atom is 0.174 e. The molecule has 2 atom stereocenters. The standard InChI is InChI=1S/C27H24ClFN4O2S/c1-34-15-16-35-24-12-11-20(17-21(24)28)33-26(25(31-27(33)36)22-5-2-3-13-30-22)23-6-4-14-32(23)19-9-7-18(29)8-10-19/h2-14,17,25-26H,15-16H2,1H3,(H,31,36)/t25-,26+/m1/s1. The van der Waals surface area contributed by atoms with Crippen LogP contribution in [-0.4, -0.2) is 35.0 Å². The molecule has 184 valence electrons. The van der Waals surface area contributed by atoms with Gasteiger partial charge in [0.25, 0.3) is 0 Å². The van der Waals surface area contributed by atoms with E-state index in [0.717, 1.165) is 22.8 Å². The lowest BCUT2D eigenvalue weighted by molar-refractivity contribution is 0.146. The fourth-order valence-corrected chi connectivity index (χ4v) is 4.97. The number of hydrogen-bond acceptors (Lipinski definition) is 4. The zero-order chi connectivity index (χ0) is 25.1. The summed E-state index contributed by atoms with van der Waals surface area (Å²) >= 11 is 12.4. The Hall–Kier alpha value is -3.46. The average molecular weight is 523 g/mol. The highest BCUT2D eigenvalue weighted by Crippen LogP contribution is 2.43. The van der Waals surface area contributed by atoms with Gasteiger partial charge in [0.2, 0.25) is 0 Å². The van der Waals surface area contributed by atoms with Gasteiger partial charge in [-0.15, -0.1) is 0 Å². The summed E-state index contributed by atoms with van der Waals surface area (Å²) in [7, 11) is 1.62. The molecule has 0 radical (unpaired) electrons. The monoisotopic (exact) mass is 522 g/mol. The number of thiocarbonyl (C=S) groups is 1. The van der Waals surface area contributed by atoms with E-state index < -0.39 is 0 Å². The highest BCUT2D eigenvalue weighted by Gasteiger charge is 2.42. The summed E-state index contributed by atoms with van der Waals surface area (Å²) in [5.41, 5.74) is 3.46. The number of hydrogen-bond donors (Lipinski definition) is 1. The van der Waals surface area contributed by atoms with Gasteiger partial charge in [0, 0.05) is 36.6 Å². The Kier molecular flexibility index (Phi) is 7.18. The van der Waals surface area contributed by atoms with E-state index in [1.54, 1.807) is 25.4 Å². The Morgan fingerprint density at radius 2 is 1.83 bits per heavy atom. The summed E-state index contributed by atoms with van der Waals surface area (Å²) in [4.78, 5) is 6.64. The van der Waals surface area contributed by atoms with Gasteiger partial charge in [-0.1, -0.05) is 17.7 Å². The van der Waals surface area contributed by atoms with Crippen molar-refractivity contribution in [1.29, 1.82) is 0 Å². The molecule has 2 aromatic carbocycles. The predicted molar refractivity (Wildman–Crippen MR) is 142 cm³/mol. The molecule has 2 aromatic heterocycles. The lowest BCUT2D eigenvalue weighted by atomic mass is 10.0. The van der Waals surface area contributed by atoms with Crippen molar-refractivity contribution >= 4 is 34.6 Å². The van der Waals surface area contributed by atoms with Crippen molar-refractivity contribution in [3.63, 3.8) is 0 Å². The van der Waals surface area contributed by atoms with Crippen LogP contribution < -0.4 is 15.0 Å². The Labute approximate surface area is 219 Å². The molecular weight excluding hydrogens is 499 g/mol. The summed E-state index contributed by atoms with van der Waals surface area (Å²) in [6.07, 6.45) is 3.72. The third-order valence-corrected chi connectivity index (χ3v) is 6.63. The van der Waals surface area contributed by atoms with Crippen molar-refractivity contribution in [2.24, 2.45) is 0 Å². The fraction of sp³-hybridized carbons (Fsp3) is 0.185. The first-order valence-electron chi connectivity index (χ1n) is 11.4. The van der Waals surface area contributed by atoms with Crippen LogP contribution in [0.4, 0.5) is 10.1 Å². The minimum absolute atomic E-state index is 0.232. The largest absolute Gasteiger partial charge is 0.490 e. The second kappa shape index (κ2) is 10.7. The molecule has 1 aliphatic rings. The molecule has 9 heteroatoms. The van der Waals surface area contributed by atoms with Crippen molar-refractivity contribution in [1.82, 2.24) is 14.9 Å². The smallest absolute Gasteiger partial charge is 0.174 e. The predicted octanol–water partition coefficient (Wildman–Crippen LogP) is 5.87. The molecule has 0 bridgehead atoms. The lowest BCUT2D eigenvalue weighted by Gasteiger charge is -2.29. The van der Waals surface area contributed by atoms with Gasteiger partial charge in [0.15, 0.2) is 5.11 Å². The Morgan fingerprint density at radius 3 is 2.56 bits per heavy atom. The Bertz CT molecular complexity index is 1350. The molecule has 6 nitrogen and oxygen atoms in total. The quantitative estimate of drug-likeness (QED) is 0.231. The highest BCUT2D eigenvalue weighted by atomic mass is 35.5. The van der Waals surface area contributed by atoms with E-state index in [1.807, 2.05) is 64.2 Å². The van der Waals surface area contributed by atoms with E-state index in [4.69, 9.17) is 33.3 Å². The number of anilines is 1. The number of benzene rings is 2. The van der Waals surface area contributed by atoms with Gasteiger partial charge in [-0.3, -0.25) is 4.98 Å². The van der Waals surface area contributed by atoms with Crippen LogP contribution in [0.2, 0.25) is 5.02 Å². The highest BCUT2D eigenvalue weighted by molar-refractivity contribution is 7.80. The molecule has 36 heavy (non-hydrogen) atoms. The van der Waals surface area contributed by atoms with E-state index in [2.05, 4.69) is 10.3 Å². The maximum absolute atomic E-state index is 13.6. The summed E-state index contributed by atoms with van der Waals surface area (Å²) in [6.45, 7) is 0.862. The summed E-state index contributed by atoms with van der Waals surface area (Å²) in [5.74, 6) is 0.287. The van der Waals surface area contributed by atoms with Crippen molar-refractivity contribution in [3.8, 4) is 11.4 Å². The van der Waals surface area contributed by atoms with E-state index in [1.165, 1.54) is 12.1 Å². The molecule has 3 heterocycles. The molecule has 0 aliphatic carbocycles. The number of ether oxygens (including phenoxy) is 2. The zero-order valence-corrected chi connectivity index (χ0v) is 21.0. The van der Waals surface area contributed by atoms with E-state index in [0.29, 0.717) is 29.1 Å². The molecule has 0 spiro atoms. The third kappa shape index (κ3) is 4.80. The van der Waals surface area contributed by atoms with Gasteiger partial charge in [0.1, 0.15) is 24.2 Å². The maximum atomic E-state index is 13.6. The molecule has 0 saturated carbocycles. The van der Waals surface area contributed by atoms with Gasteiger partial charge < -0.3 is 24.3 Å². The van der Waals surface area contributed by atoms with Crippen LogP contribution in [0.3, 0.4) is 0 Å². The van der Waals surface area contributed by atoms with Crippen LogP contribution in [0.5, 0.6) is 5.75 Å². The Morgan fingerprint density at radius 1 is 1.03 bits per heavy atom. The molecule has 1 aliphatic heterocycles. The van der Waals surface area contributed by atoms with E-state index in [9.17, 15) is 4.39 Å². The van der Waals surface area contributed by atoms with Crippen molar-refractivity contribution in [2.45, 2.75) is 12.1 Å². The van der Waals surface area contributed by atoms with Crippen molar-refractivity contribution < 1.29 is 13.9 Å². The molecule has 1 saturated heterocycles. The van der Waals surface area contributed by atoms with Crippen molar-refractivity contribution in [2.75, 3.05) is 25.2 Å². The molecule has 1 N–H and O–H groups in total. The number of nitrogens with one attached hydrogen (secondary N) is 1. The fourth-order valence-electron chi connectivity index (χ4n) is 4.40. The topological polar surface area (TPSA) is 51.6 Å². The summed E-state index contributed by atoms with van der Waals surface area (Å²) in [5, 5.41) is 4.47. The minimum atomic E-state index is -0.286. The molecule has 0 unspecified atom stereocenters. The number of methoxy groups -OCH3 is 1. The van der Waals surface area contributed by atoms with Crippen LogP contribution in [0.1, 0.15) is 23.5 Å². The van der Waals surface area contributed by atoms with Crippen LogP contribution >= 0.6 is 23.8 Å². The van der Waals surface area contributed by atoms with Gasteiger partial charge >= 0.3 is 0 Å². The molecule has 5 rings (SSSR count). The van der Waals surface area contributed by atoms with Crippen LogP contribution in [0.15, 0.2) is 85.2 Å². The van der Waals surface area contributed by atoms with E-state index >= 15 is 0 Å². The second-order valence-corrected chi connectivity index (χ2v) is 9.03. The van der Waals surface area contributed by atoms with Crippen LogP contribution in [0.25, 0.3) is 5.69 Å². The number of halogens is 2. The minimum Gasteiger partial charge on any atom is -0.490 e. The van der Waals surface area contributed by atoms with Gasteiger partial charge in [-0.2, -0.15) is 0 Å².